The van der Waals surface area contributed by atoms with Crippen molar-refractivity contribution < 1.29 is 13.2 Å². The molecule has 0 radical (unpaired) electrons. The van der Waals surface area contributed by atoms with Crippen LogP contribution in [-0.4, -0.2) is 20.9 Å². The van der Waals surface area contributed by atoms with E-state index in [1.165, 1.54) is 6.92 Å². The lowest BCUT2D eigenvalue weighted by atomic mass is 10.2. The van der Waals surface area contributed by atoms with Crippen LogP contribution in [0, 0.1) is 0 Å². The Morgan fingerprint density at radius 2 is 1.96 bits per heavy atom. The molecule has 0 fully saturated rings. The summed E-state index contributed by atoms with van der Waals surface area (Å²) < 4.78 is 28.5. The molecular formula is C17H16BrClN2O3S. The van der Waals surface area contributed by atoms with Gasteiger partial charge in [-0.3, -0.25) is 4.79 Å². The van der Waals surface area contributed by atoms with Gasteiger partial charge in [-0.25, -0.2) is 13.1 Å². The Hall–Kier alpha value is -1.41. The number of hydrogen-bond donors (Lipinski definition) is 1. The van der Waals surface area contributed by atoms with Gasteiger partial charge in [-0.05, 0) is 57.7 Å². The largest absolute Gasteiger partial charge is 0.312 e. The van der Waals surface area contributed by atoms with E-state index in [2.05, 4.69) is 20.7 Å². The van der Waals surface area contributed by atoms with Gasteiger partial charge in [-0.15, -0.1) is 0 Å². The molecule has 0 aliphatic carbocycles. The van der Waals surface area contributed by atoms with Crippen LogP contribution in [0.4, 0.5) is 5.69 Å². The first-order valence-electron chi connectivity index (χ1n) is 7.62. The van der Waals surface area contributed by atoms with Gasteiger partial charge in [-0.1, -0.05) is 23.7 Å². The van der Waals surface area contributed by atoms with Crippen molar-refractivity contribution in [3.8, 4) is 0 Å². The predicted molar refractivity (Wildman–Crippen MR) is 101 cm³/mol. The summed E-state index contributed by atoms with van der Waals surface area (Å²) in [5.41, 5.74) is 2.41. The number of anilines is 1. The predicted octanol–water partition coefficient (Wildman–Crippen LogP) is 3.49. The van der Waals surface area contributed by atoms with E-state index in [9.17, 15) is 13.2 Å². The Morgan fingerprint density at radius 1 is 1.28 bits per heavy atom. The number of hydrogen-bond acceptors (Lipinski definition) is 3. The average molecular weight is 444 g/mol. The first-order chi connectivity index (χ1) is 11.8. The van der Waals surface area contributed by atoms with E-state index in [1.807, 2.05) is 0 Å². The summed E-state index contributed by atoms with van der Waals surface area (Å²) in [6.45, 7) is 2.20. The molecule has 1 aliphatic rings. The molecule has 1 amide bonds. The standard InChI is InChI=1S/C17H16BrClN2O3S/c1-11(22)21-7-6-13-8-15(18)17(9-16(13)21)25(23,24)20-10-12-2-4-14(19)5-3-12/h2-5,8-9,20H,6-7,10H2,1H3. The van der Waals surface area contributed by atoms with Crippen molar-refractivity contribution >= 4 is 49.1 Å². The minimum Gasteiger partial charge on any atom is -0.312 e. The summed E-state index contributed by atoms with van der Waals surface area (Å²) in [5, 5.41) is 0.595. The molecule has 1 heterocycles. The molecule has 25 heavy (non-hydrogen) atoms. The molecule has 1 N–H and O–H groups in total. The molecule has 0 saturated heterocycles. The Bertz CT molecular complexity index is 930. The number of benzene rings is 2. The van der Waals surface area contributed by atoms with Gasteiger partial charge >= 0.3 is 0 Å². The van der Waals surface area contributed by atoms with Crippen molar-refractivity contribution in [2.24, 2.45) is 0 Å². The molecule has 5 nitrogen and oxygen atoms in total. The van der Waals surface area contributed by atoms with Crippen LogP contribution in [-0.2, 0) is 27.8 Å². The Balaban J connectivity index is 1.88. The number of rotatable bonds is 4. The van der Waals surface area contributed by atoms with Crippen LogP contribution in [0.3, 0.4) is 0 Å². The van der Waals surface area contributed by atoms with Gasteiger partial charge in [-0.2, -0.15) is 0 Å². The molecule has 0 unspecified atom stereocenters. The minimum atomic E-state index is -3.74. The fourth-order valence-corrected chi connectivity index (χ4v) is 5.03. The zero-order chi connectivity index (χ0) is 18.2. The van der Waals surface area contributed by atoms with Crippen molar-refractivity contribution in [2.45, 2.75) is 24.8 Å². The number of carbonyl (C=O) groups excluding carboxylic acids is 1. The van der Waals surface area contributed by atoms with E-state index < -0.39 is 10.0 Å². The maximum Gasteiger partial charge on any atom is 0.242 e. The smallest absolute Gasteiger partial charge is 0.242 e. The zero-order valence-electron chi connectivity index (χ0n) is 13.4. The molecule has 0 spiro atoms. The molecule has 0 saturated carbocycles. The molecule has 2 aromatic carbocycles. The third-order valence-corrected chi connectivity index (χ3v) is 6.69. The highest BCUT2D eigenvalue weighted by Crippen LogP contribution is 2.35. The Morgan fingerprint density at radius 3 is 2.60 bits per heavy atom. The lowest BCUT2D eigenvalue weighted by molar-refractivity contribution is -0.116. The molecule has 3 rings (SSSR count). The number of nitrogens with zero attached hydrogens (tertiary/aromatic N) is 1. The van der Waals surface area contributed by atoms with Gasteiger partial charge in [0.25, 0.3) is 0 Å². The Labute approximate surface area is 160 Å². The van der Waals surface area contributed by atoms with E-state index in [0.29, 0.717) is 28.1 Å². The van der Waals surface area contributed by atoms with Gasteiger partial charge in [0.15, 0.2) is 0 Å². The van der Waals surface area contributed by atoms with E-state index in [-0.39, 0.29) is 17.3 Å². The van der Waals surface area contributed by atoms with E-state index in [4.69, 9.17) is 11.6 Å². The number of amides is 1. The van der Waals surface area contributed by atoms with Crippen LogP contribution in [0.5, 0.6) is 0 Å². The molecule has 0 aromatic heterocycles. The molecule has 2 aromatic rings. The third kappa shape index (κ3) is 3.89. The van der Waals surface area contributed by atoms with Crippen LogP contribution in [0.1, 0.15) is 18.1 Å². The van der Waals surface area contributed by atoms with E-state index in [1.54, 1.807) is 41.3 Å². The lowest BCUT2D eigenvalue weighted by Gasteiger charge is -2.17. The minimum absolute atomic E-state index is 0.0986. The van der Waals surface area contributed by atoms with E-state index >= 15 is 0 Å². The number of fused-ring (bicyclic) bond motifs is 1. The average Bonchev–Trinajstić information content (AvgIpc) is 2.96. The van der Waals surface area contributed by atoms with Gasteiger partial charge in [0.05, 0.1) is 4.90 Å². The van der Waals surface area contributed by atoms with Gasteiger partial charge in [0.1, 0.15) is 0 Å². The molecule has 1 aliphatic heterocycles. The molecule has 0 atom stereocenters. The number of halogens is 2. The van der Waals surface area contributed by atoms with Crippen LogP contribution in [0.15, 0.2) is 45.8 Å². The Kier molecular flexibility index (Phi) is 5.20. The topological polar surface area (TPSA) is 66.5 Å². The van der Waals surface area contributed by atoms with Crippen LogP contribution in [0.25, 0.3) is 0 Å². The van der Waals surface area contributed by atoms with Gasteiger partial charge in [0.2, 0.25) is 15.9 Å². The number of nitrogens with one attached hydrogen (secondary N) is 1. The fraction of sp³-hybridized carbons (Fsp3) is 0.235. The van der Waals surface area contributed by atoms with E-state index in [0.717, 1.165) is 11.1 Å². The second-order valence-corrected chi connectivity index (χ2v) is 8.81. The van der Waals surface area contributed by atoms with Crippen molar-refractivity contribution in [2.75, 3.05) is 11.4 Å². The summed E-state index contributed by atoms with van der Waals surface area (Å²) in [6, 6.07) is 10.3. The SMILES string of the molecule is CC(=O)N1CCc2cc(Br)c(S(=O)(=O)NCc3ccc(Cl)cc3)cc21. The zero-order valence-corrected chi connectivity index (χ0v) is 16.6. The van der Waals surface area contributed by atoms with Crippen LogP contribution >= 0.6 is 27.5 Å². The molecule has 132 valence electrons. The lowest BCUT2D eigenvalue weighted by Crippen LogP contribution is -2.27. The third-order valence-electron chi connectivity index (χ3n) is 4.08. The summed E-state index contributed by atoms with van der Waals surface area (Å²) in [7, 11) is -3.74. The summed E-state index contributed by atoms with van der Waals surface area (Å²) in [5.74, 6) is -0.0986. The molecule has 8 heteroatoms. The second kappa shape index (κ2) is 7.07. The maximum absolute atomic E-state index is 12.7. The fourth-order valence-electron chi connectivity index (χ4n) is 2.78. The highest BCUT2D eigenvalue weighted by atomic mass is 79.9. The monoisotopic (exact) mass is 442 g/mol. The molecular weight excluding hydrogens is 428 g/mol. The second-order valence-electron chi connectivity index (χ2n) is 5.78. The first kappa shape index (κ1) is 18.4. The van der Waals surface area contributed by atoms with Gasteiger partial charge < -0.3 is 4.90 Å². The van der Waals surface area contributed by atoms with Crippen LogP contribution < -0.4 is 9.62 Å². The summed E-state index contributed by atoms with van der Waals surface area (Å²) in [6.07, 6.45) is 0.714. The van der Waals surface area contributed by atoms with Crippen molar-refractivity contribution in [1.29, 1.82) is 0 Å². The van der Waals surface area contributed by atoms with Crippen molar-refractivity contribution in [3.05, 3.63) is 57.0 Å². The normalized spacial score (nSPS) is 13.8. The maximum atomic E-state index is 12.7. The van der Waals surface area contributed by atoms with Crippen molar-refractivity contribution in [3.63, 3.8) is 0 Å². The quantitative estimate of drug-likeness (QED) is 0.786. The first-order valence-corrected chi connectivity index (χ1v) is 10.3. The van der Waals surface area contributed by atoms with Crippen molar-refractivity contribution in [1.82, 2.24) is 4.72 Å². The number of sulfonamides is 1. The summed E-state index contributed by atoms with van der Waals surface area (Å²) >= 11 is 9.17. The van der Waals surface area contributed by atoms with Crippen LogP contribution in [0.2, 0.25) is 5.02 Å². The number of carbonyl (C=O) groups is 1. The highest BCUT2D eigenvalue weighted by Gasteiger charge is 2.27. The highest BCUT2D eigenvalue weighted by molar-refractivity contribution is 9.10. The van der Waals surface area contributed by atoms with Gasteiger partial charge in [0, 0.05) is 35.2 Å². The molecule has 0 bridgehead atoms. The summed E-state index contributed by atoms with van der Waals surface area (Å²) in [4.78, 5) is 13.4.